The van der Waals surface area contributed by atoms with Gasteiger partial charge in [0.05, 0.1) is 0 Å². The third kappa shape index (κ3) is 2.83. The molecular weight excluding hydrogens is 248 g/mol. The van der Waals surface area contributed by atoms with Gasteiger partial charge in [-0.05, 0) is 37.3 Å². The summed E-state index contributed by atoms with van der Waals surface area (Å²) in [5.74, 6) is 0. The number of nitrogens with one attached hydrogen (secondary N) is 2. The zero-order valence-corrected chi connectivity index (χ0v) is 11.8. The van der Waals surface area contributed by atoms with Crippen LogP contribution in [0.4, 0.5) is 0 Å². The highest BCUT2D eigenvalue weighted by atomic mass is 16.1. The molecule has 1 unspecified atom stereocenters. The lowest BCUT2D eigenvalue weighted by atomic mass is 9.91. The number of benzene rings is 1. The average molecular weight is 268 g/mol. The summed E-state index contributed by atoms with van der Waals surface area (Å²) < 4.78 is 0. The predicted octanol–water partition coefficient (Wildman–Crippen LogP) is 2.85. The number of aromatic amines is 1. The average Bonchev–Trinajstić information content (AvgIpc) is 2.44. The van der Waals surface area contributed by atoms with Crippen molar-refractivity contribution in [1.29, 1.82) is 0 Å². The Morgan fingerprint density at radius 2 is 2.20 bits per heavy atom. The Hall–Kier alpha value is -1.87. The van der Waals surface area contributed by atoms with E-state index in [1.807, 2.05) is 6.07 Å². The van der Waals surface area contributed by atoms with Crippen molar-refractivity contribution in [3.63, 3.8) is 0 Å². The van der Waals surface area contributed by atoms with E-state index in [-0.39, 0.29) is 5.56 Å². The molecule has 0 bridgehead atoms. The molecule has 1 aliphatic carbocycles. The molecule has 1 aromatic heterocycles. The third-order valence-corrected chi connectivity index (χ3v) is 3.97. The summed E-state index contributed by atoms with van der Waals surface area (Å²) in [6, 6.07) is 12.5. The number of rotatable bonds is 3. The maximum atomic E-state index is 11.4. The number of H-pyrrole nitrogens is 1. The molecule has 20 heavy (non-hydrogen) atoms. The van der Waals surface area contributed by atoms with Crippen molar-refractivity contribution in [2.24, 2.45) is 0 Å². The van der Waals surface area contributed by atoms with Gasteiger partial charge in [0.2, 0.25) is 5.56 Å². The number of pyridine rings is 1. The fourth-order valence-corrected chi connectivity index (χ4v) is 2.98. The van der Waals surface area contributed by atoms with E-state index < -0.39 is 0 Å². The van der Waals surface area contributed by atoms with Gasteiger partial charge >= 0.3 is 0 Å². The highest BCUT2D eigenvalue weighted by molar-refractivity contribution is 5.27. The van der Waals surface area contributed by atoms with E-state index >= 15 is 0 Å². The van der Waals surface area contributed by atoms with Gasteiger partial charge in [0.1, 0.15) is 0 Å². The molecule has 1 aliphatic rings. The summed E-state index contributed by atoms with van der Waals surface area (Å²) in [4.78, 5) is 14.4. The van der Waals surface area contributed by atoms with Crippen molar-refractivity contribution in [2.45, 2.75) is 38.8 Å². The van der Waals surface area contributed by atoms with Gasteiger partial charge in [-0.2, -0.15) is 0 Å². The van der Waals surface area contributed by atoms with Crippen molar-refractivity contribution in [3.05, 3.63) is 69.1 Å². The zero-order valence-electron chi connectivity index (χ0n) is 11.8. The van der Waals surface area contributed by atoms with Gasteiger partial charge in [-0.1, -0.05) is 35.9 Å². The van der Waals surface area contributed by atoms with Crippen LogP contribution in [0.2, 0.25) is 0 Å². The van der Waals surface area contributed by atoms with Gasteiger partial charge in [0, 0.05) is 24.3 Å². The standard InChI is InChI=1S/C17H20N2O/c1-12-4-2-5-13(10-12)11-18-15-6-3-7-16-14(15)8-9-17(20)19-16/h2,4-5,8-10,15,18H,3,6-7,11H2,1H3,(H,19,20). The van der Waals surface area contributed by atoms with Gasteiger partial charge in [-0.25, -0.2) is 0 Å². The van der Waals surface area contributed by atoms with Crippen LogP contribution in [-0.4, -0.2) is 4.98 Å². The zero-order chi connectivity index (χ0) is 13.9. The number of hydrogen-bond donors (Lipinski definition) is 2. The van der Waals surface area contributed by atoms with E-state index in [1.54, 1.807) is 6.07 Å². The molecule has 1 heterocycles. The van der Waals surface area contributed by atoms with Gasteiger partial charge in [-0.15, -0.1) is 0 Å². The van der Waals surface area contributed by atoms with Crippen LogP contribution in [0.25, 0.3) is 0 Å². The molecule has 104 valence electrons. The van der Waals surface area contributed by atoms with Gasteiger partial charge in [0.25, 0.3) is 0 Å². The van der Waals surface area contributed by atoms with Crippen LogP contribution in [0.5, 0.6) is 0 Å². The molecule has 0 saturated heterocycles. The molecule has 0 saturated carbocycles. The van der Waals surface area contributed by atoms with Crippen LogP contribution >= 0.6 is 0 Å². The van der Waals surface area contributed by atoms with E-state index in [9.17, 15) is 4.79 Å². The summed E-state index contributed by atoms with van der Waals surface area (Å²) in [5, 5.41) is 3.62. The van der Waals surface area contributed by atoms with Crippen molar-refractivity contribution >= 4 is 0 Å². The first-order valence-corrected chi connectivity index (χ1v) is 7.23. The molecule has 3 rings (SSSR count). The number of fused-ring (bicyclic) bond motifs is 1. The fourth-order valence-electron chi connectivity index (χ4n) is 2.98. The summed E-state index contributed by atoms with van der Waals surface area (Å²) in [6.45, 7) is 2.98. The van der Waals surface area contributed by atoms with Crippen LogP contribution in [0.15, 0.2) is 41.2 Å². The van der Waals surface area contributed by atoms with Crippen LogP contribution in [0.3, 0.4) is 0 Å². The molecule has 3 nitrogen and oxygen atoms in total. The SMILES string of the molecule is Cc1cccc(CNC2CCCc3[nH]c(=O)ccc32)c1. The van der Waals surface area contributed by atoms with E-state index in [4.69, 9.17) is 0 Å². The smallest absolute Gasteiger partial charge is 0.248 e. The monoisotopic (exact) mass is 268 g/mol. The summed E-state index contributed by atoms with van der Waals surface area (Å²) in [6.07, 6.45) is 3.23. The van der Waals surface area contributed by atoms with Crippen LogP contribution in [-0.2, 0) is 13.0 Å². The molecule has 2 aromatic rings. The van der Waals surface area contributed by atoms with Crippen LogP contribution in [0, 0.1) is 6.92 Å². The molecule has 1 atom stereocenters. The Morgan fingerprint density at radius 1 is 1.30 bits per heavy atom. The van der Waals surface area contributed by atoms with Crippen molar-refractivity contribution < 1.29 is 0 Å². The molecule has 0 fully saturated rings. The van der Waals surface area contributed by atoms with Crippen molar-refractivity contribution in [2.75, 3.05) is 0 Å². The maximum Gasteiger partial charge on any atom is 0.248 e. The maximum absolute atomic E-state index is 11.4. The number of aromatic nitrogens is 1. The Bertz CT molecular complexity index is 660. The summed E-state index contributed by atoms with van der Waals surface area (Å²) in [7, 11) is 0. The molecule has 3 heteroatoms. The van der Waals surface area contributed by atoms with Gasteiger partial charge in [-0.3, -0.25) is 4.79 Å². The first-order chi connectivity index (χ1) is 9.72. The van der Waals surface area contributed by atoms with Crippen LogP contribution < -0.4 is 10.9 Å². The molecule has 0 spiro atoms. The topological polar surface area (TPSA) is 44.9 Å². The predicted molar refractivity (Wildman–Crippen MR) is 80.8 cm³/mol. The lowest BCUT2D eigenvalue weighted by Gasteiger charge is -2.26. The number of aryl methyl sites for hydroxylation is 2. The minimum Gasteiger partial charge on any atom is -0.326 e. The molecule has 1 aromatic carbocycles. The molecule has 0 amide bonds. The lowest BCUT2D eigenvalue weighted by molar-refractivity contribution is 0.453. The van der Waals surface area contributed by atoms with E-state index in [1.165, 1.54) is 16.7 Å². The second kappa shape index (κ2) is 5.63. The van der Waals surface area contributed by atoms with Crippen molar-refractivity contribution in [1.82, 2.24) is 10.3 Å². The third-order valence-electron chi connectivity index (χ3n) is 3.97. The summed E-state index contributed by atoms with van der Waals surface area (Å²) >= 11 is 0. The number of hydrogen-bond acceptors (Lipinski definition) is 2. The van der Waals surface area contributed by atoms with Gasteiger partial charge < -0.3 is 10.3 Å². The van der Waals surface area contributed by atoms with Crippen molar-refractivity contribution in [3.8, 4) is 0 Å². The lowest BCUT2D eigenvalue weighted by Crippen LogP contribution is -2.27. The van der Waals surface area contributed by atoms with Gasteiger partial charge in [0.15, 0.2) is 0 Å². The van der Waals surface area contributed by atoms with Crippen LogP contribution in [0.1, 0.15) is 41.3 Å². The second-order valence-corrected chi connectivity index (χ2v) is 5.57. The minimum absolute atomic E-state index is 0.00286. The summed E-state index contributed by atoms with van der Waals surface area (Å²) in [5.41, 5.74) is 4.95. The van der Waals surface area contributed by atoms with E-state index in [0.29, 0.717) is 6.04 Å². The Kier molecular flexibility index (Phi) is 3.70. The van der Waals surface area contributed by atoms with E-state index in [2.05, 4.69) is 41.5 Å². The fraction of sp³-hybridized carbons (Fsp3) is 0.353. The minimum atomic E-state index is 0.00286. The Balaban J connectivity index is 1.75. The van der Waals surface area contributed by atoms with E-state index in [0.717, 1.165) is 31.5 Å². The highest BCUT2D eigenvalue weighted by Crippen LogP contribution is 2.27. The quantitative estimate of drug-likeness (QED) is 0.899. The first kappa shape index (κ1) is 13.1. The molecule has 0 aliphatic heterocycles. The Morgan fingerprint density at radius 3 is 3.05 bits per heavy atom. The highest BCUT2D eigenvalue weighted by Gasteiger charge is 2.20. The largest absolute Gasteiger partial charge is 0.326 e. The normalized spacial score (nSPS) is 17.8. The molecular formula is C17H20N2O. The first-order valence-electron chi connectivity index (χ1n) is 7.23. The molecule has 0 radical (unpaired) electrons. The second-order valence-electron chi connectivity index (χ2n) is 5.57. The Labute approximate surface area is 119 Å². The molecule has 2 N–H and O–H groups in total.